The summed E-state index contributed by atoms with van der Waals surface area (Å²) in [6.45, 7) is 13.8. The lowest BCUT2D eigenvalue weighted by atomic mass is 10.1. The molecule has 194 valence electrons. The Morgan fingerprint density at radius 3 is 2.67 bits per heavy atom. The number of unbranched alkanes of at least 4 members (excludes halogenated alkanes) is 1. The predicted octanol–water partition coefficient (Wildman–Crippen LogP) is 3.54. The Kier molecular flexibility index (Phi) is 10.4. The Bertz CT molecular complexity index is 1070. The highest BCUT2D eigenvalue weighted by atomic mass is 16.5. The molecule has 0 spiro atoms. The normalized spacial score (nSPS) is 12.4. The van der Waals surface area contributed by atoms with Crippen molar-refractivity contribution >= 4 is 23.5 Å². The molecule has 1 aliphatic rings. The number of aryl methyl sites for hydroxylation is 1. The number of amides is 1. The Labute approximate surface area is 213 Å². The van der Waals surface area contributed by atoms with E-state index in [4.69, 9.17) is 9.72 Å². The van der Waals surface area contributed by atoms with Crippen LogP contribution in [-0.2, 0) is 33.6 Å². The van der Waals surface area contributed by atoms with Gasteiger partial charge in [0.2, 0.25) is 11.9 Å². The number of nitrogens with zero attached hydrogens (tertiary/aromatic N) is 4. The zero-order chi connectivity index (χ0) is 25.9. The first-order valence-corrected chi connectivity index (χ1v) is 12.8. The predicted molar refractivity (Wildman–Crippen MR) is 141 cm³/mol. The molecule has 9 nitrogen and oxygen atoms in total. The van der Waals surface area contributed by atoms with Crippen LogP contribution in [0.2, 0.25) is 0 Å². The topological polar surface area (TPSA) is 109 Å². The highest BCUT2D eigenvalue weighted by Crippen LogP contribution is 2.24. The minimum Gasteiger partial charge on any atom is -0.462 e. The summed E-state index contributed by atoms with van der Waals surface area (Å²) in [4.78, 5) is 39.6. The number of nitrogens with one attached hydrogen (secondary N) is 2. The summed E-state index contributed by atoms with van der Waals surface area (Å²) < 4.78 is 5.18. The van der Waals surface area contributed by atoms with Gasteiger partial charge in [-0.1, -0.05) is 32.6 Å². The fourth-order valence-corrected chi connectivity index (χ4v) is 4.03. The minimum absolute atomic E-state index is 0.0229. The van der Waals surface area contributed by atoms with E-state index in [0.717, 1.165) is 68.1 Å². The second-order valence-electron chi connectivity index (χ2n) is 9.07. The van der Waals surface area contributed by atoms with Crippen molar-refractivity contribution in [1.82, 2.24) is 19.9 Å². The van der Waals surface area contributed by atoms with Crippen LogP contribution in [-0.4, -0.2) is 64.5 Å². The van der Waals surface area contributed by atoms with E-state index in [0.29, 0.717) is 43.2 Å². The van der Waals surface area contributed by atoms with Crippen LogP contribution in [0.15, 0.2) is 30.4 Å². The second kappa shape index (κ2) is 13.7. The van der Waals surface area contributed by atoms with Gasteiger partial charge in [0.05, 0.1) is 13.0 Å². The number of carbonyl (C=O) groups is 2. The zero-order valence-electron chi connectivity index (χ0n) is 21.7. The molecule has 1 amide bonds. The monoisotopic (exact) mass is 494 g/mol. The third kappa shape index (κ3) is 8.41. The molecule has 0 atom stereocenters. The average molecular weight is 495 g/mol. The SMILES string of the molecule is C=C(C)C(=O)OCCCCc1nc(Cc2ccc3c(c2)CC(=O)N3)nc(NCCCN(CC)CC)n1. The van der Waals surface area contributed by atoms with Gasteiger partial charge in [-0.3, -0.25) is 4.79 Å². The van der Waals surface area contributed by atoms with Crippen molar-refractivity contribution in [1.29, 1.82) is 0 Å². The molecule has 0 bridgehead atoms. The molecule has 9 heteroatoms. The Morgan fingerprint density at radius 2 is 1.92 bits per heavy atom. The number of benzene rings is 1. The highest BCUT2D eigenvalue weighted by Gasteiger charge is 2.18. The van der Waals surface area contributed by atoms with Gasteiger partial charge in [0.1, 0.15) is 11.6 Å². The van der Waals surface area contributed by atoms with Gasteiger partial charge < -0.3 is 20.3 Å². The van der Waals surface area contributed by atoms with E-state index < -0.39 is 0 Å². The number of hydrogen-bond acceptors (Lipinski definition) is 8. The number of ether oxygens (including phenoxy) is 1. The summed E-state index contributed by atoms with van der Waals surface area (Å²) >= 11 is 0. The van der Waals surface area contributed by atoms with E-state index in [1.165, 1.54) is 0 Å². The number of fused-ring (bicyclic) bond motifs is 1. The van der Waals surface area contributed by atoms with Crippen molar-refractivity contribution in [2.75, 3.05) is 43.4 Å². The fourth-order valence-electron chi connectivity index (χ4n) is 4.03. The van der Waals surface area contributed by atoms with Crippen molar-refractivity contribution in [3.05, 3.63) is 53.1 Å². The lowest BCUT2D eigenvalue weighted by molar-refractivity contribution is -0.139. The molecule has 1 aromatic heterocycles. The standard InChI is InChI=1S/C27H38N6O3/c1-5-33(6-2)14-9-13-28-27-31-23(10-7-8-15-36-26(35)19(3)4)30-24(32-27)17-20-11-12-22-21(16-20)18-25(34)29-22/h11-12,16H,3,5-10,13-15,17-18H2,1-2,4H3,(H,29,34)(H,28,30,31,32). The van der Waals surface area contributed by atoms with E-state index in [9.17, 15) is 9.59 Å². The third-order valence-electron chi connectivity index (χ3n) is 6.09. The quantitative estimate of drug-likeness (QED) is 0.220. The Morgan fingerprint density at radius 1 is 1.14 bits per heavy atom. The van der Waals surface area contributed by atoms with E-state index in [1.54, 1.807) is 6.92 Å². The van der Waals surface area contributed by atoms with Gasteiger partial charge in [0, 0.05) is 30.6 Å². The molecule has 0 saturated carbocycles. The minimum atomic E-state index is -0.361. The number of anilines is 2. The fraction of sp³-hybridized carbons (Fsp3) is 0.519. The van der Waals surface area contributed by atoms with Gasteiger partial charge in [-0.25, -0.2) is 9.78 Å². The summed E-state index contributed by atoms with van der Waals surface area (Å²) in [5.41, 5.74) is 3.34. The molecule has 3 rings (SSSR count). The van der Waals surface area contributed by atoms with Crippen molar-refractivity contribution in [3.8, 4) is 0 Å². The van der Waals surface area contributed by atoms with Gasteiger partial charge in [0.25, 0.3) is 0 Å². The molecule has 36 heavy (non-hydrogen) atoms. The van der Waals surface area contributed by atoms with Crippen LogP contribution in [0.3, 0.4) is 0 Å². The summed E-state index contributed by atoms with van der Waals surface area (Å²) in [6, 6.07) is 5.99. The Balaban J connectivity index is 1.63. The van der Waals surface area contributed by atoms with Gasteiger partial charge in [-0.2, -0.15) is 9.97 Å². The molecule has 2 aromatic rings. The number of hydrogen-bond donors (Lipinski definition) is 2. The maximum atomic E-state index is 11.7. The first-order valence-electron chi connectivity index (χ1n) is 12.8. The number of rotatable bonds is 15. The molecule has 0 fully saturated rings. The van der Waals surface area contributed by atoms with Crippen LogP contribution in [0.5, 0.6) is 0 Å². The van der Waals surface area contributed by atoms with Gasteiger partial charge >= 0.3 is 5.97 Å². The van der Waals surface area contributed by atoms with Crippen molar-refractivity contribution < 1.29 is 14.3 Å². The van der Waals surface area contributed by atoms with Crippen LogP contribution < -0.4 is 10.6 Å². The van der Waals surface area contributed by atoms with E-state index in [1.807, 2.05) is 18.2 Å². The highest BCUT2D eigenvalue weighted by molar-refractivity contribution is 5.99. The van der Waals surface area contributed by atoms with E-state index in [-0.39, 0.29) is 11.9 Å². The van der Waals surface area contributed by atoms with Crippen molar-refractivity contribution in [3.63, 3.8) is 0 Å². The first-order chi connectivity index (χ1) is 17.4. The van der Waals surface area contributed by atoms with Crippen LogP contribution in [0.1, 0.15) is 62.8 Å². The summed E-state index contributed by atoms with van der Waals surface area (Å²) in [5, 5.41) is 6.24. The Hall–Kier alpha value is -3.33. The zero-order valence-corrected chi connectivity index (χ0v) is 21.7. The summed E-state index contributed by atoms with van der Waals surface area (Å²) in [5.74, 6) is 1.66. The molecule has 0 radical (unpaired) electrons. The first kappa shape index (κ1) is 27.3. The van der Waals surface area contributed by atoms with Gasteiger partial charge in [-0.15, -0.1) is 0 Å². The largest absolute Gasteiger partial charge is 0.462 e. The van der Waals surface area contributed by atoms with Crippen LogP contribution >= 0.6 is 0 Å². The maximum absolute atomic E-state index is 11.7. The number of aromatic nitrogens is 3. The molecule has 0 aliphatic carbocycles. The number of esters is 1. The van der Waals surface area contributed by atoms with E-state index in [2.05, 4.69) is 45.9 Å². The molecule has 1 aliphatic heterocycles. The van der Waals surface area contributed by atoms with Crippen molar-refractivity contribution in [2.24, 2.45) is 0 Å². The molecule has 0 unspecified atom stereocenters. The number of carbonyl (C=O) groups excluding carboxylic acids is 2. The van der Waals surface area contributed by atoms with Gasteiger partial charge in [-0.05, 0) is 63.0 Å². The lowest BCUT2D eigenvalue weighted by Gasteiger charge is -2.17. The third-order valence-corrected chi connectivity index (χ3v) is 6.09. The summed E-state index contributed by atoms with van der Waals surface area (Å²) in [6.07, 6.45) is 4.14. The molecule has 1 aromatic carbocycles. The van der Waals surface area contributed by atoms with Crippen molar-refractivity contribution in [2.45, 2.75) is 59.3 Å². The maximum Gasteiger partial charge on any atom is 0.333 e. The van der Waals surface area contributed by atoms with Crippen LogP contribution in [0, 0.1) is 0 Å². The van der Waals surface area contributed by atoms with E-state index >= 15 is 0 Å². The molecule has 0 saturated heterocycles. The summed E-state index contributed by atoms with van der Waals surface area (Å²) in [7, 11) is 0. The average Bonchev–Trinajstić information content (AvgIpc) is 3.23. The molecule has 2 N–H and O–H groups in total. The second-order valence-corrected chi connectivity index (χ2v) is 9.07. The lowest BCUT2D eigenvalue weighted by Crippen LogP contribution is -2.25. The molecule has 2 heterocycles. The van der Waals surface area contributed by atoms with Crippen LogP contribution in [0.25, 0.3) is 0 Å². The van der Waals surface area contributed by atoms with Gasteiger partial charge in [0.15, 0.2) is 0 Å². The molecular weight excluding hydrogens is 456 g/mol. The smallest absolute Gasteiger partial charge is 0.333 e. The van der Waals surface area contributed by atoms with Crippen LogP contribution in [0.4, 0.5) is 11.6 Å². The molecular formula is C27H38N6O3.